The van der Waals surface area contributed by atoms with Gasteiger partial charge in [-0.3, -0.25) is 9.97 Å². The molecule has 3 heteroatoms. The zero-order valence-corrected chi connectivity index (χ0v) is 24.5. The van der Waals surface area contributed by atoms with E-state index in [1.54, 1.807) is 0 Å². The summed E-state index contributed by atoms with van der Waals surface area (Å²) in [4.78, 5) is 8.58. The van der Waals surface area contributed by atoms with Gasteiger partial charge in [-0.15, -0.1) is 12.1 Å². The van der Waals surface area contributed by atoms with E-state index in [1.165, 1.54) is 55.6 Å². The van der Waals surface area contributed by atoms with Crippen molar-refractivity contribution in [1.29, 1.82) is 0 Å². The molecule has 8 rings (SSSR count). The maximum atomic E-state index is 4.29. The Morgan fingerprint density at radius 1 is 0.525 bits per heavy atom. The Bertz CT molecular complexity index is 1620. The number of nitrogens with zero attached hydrogens (tertiary/aromatic N) is 2. The van der Waals surface area contributed by atoms with Gasteiger partial charge >= 0.3 is 21.1 Å². The third-order valence-corrected chi connectivity index (χ3v) is 7.82. The van der Waals surface area contributed by atoms with Gasteiger partial charge in [0.05, 0.1) is 11.4 Å². The van der Waals surface area contributed by atoms with Crippen LogP contribution in [-0.2, 0) is 26.5 Å². The van der Waals surface area contributed by atoms with Gasteiger partial charge in [0.1, 0.15) is 0 Å². The summed E-state index contributed by atoms with van der Waals surface area (Å²) in [5.41, 5.74) is 14.5. The predicted octanol–water partition coefficient (Wildman–Crippen LogP) is 8.39. The summed E-state index contributed by atoms with van der Waals surface area (Å²) in [6.07, 6.45) is 3.63. The SMILES string of the molecule is Cc1ccnc(-c2cc(C)ccn2)c1.[Pt+2].[c-]1cccc2c1-c1[c-]cccc1C21c2ccccc2-c2ccccc21. The molecule has 1 spiro atoms. The average Bonchev–Trinajstić information content (AvgIpc) is 3.45. The summed E-state index contributed by atoms with van der Waals surface area (Å²) >= 11 is 0. The molecule has 6 aromatic rings. The fourth-order valence-electron chi connectivity index (χ4n) is 6.23. The van der Waals surface area contributed by atoms with Gasteiger partial charge in [-0.1, -0.05) is 48.5 Å². The molecule has 0 saturated heterocycles. The second-order valence-corrected chi connectivity index (χ2v) is 10.2. The molecule has 0 radical (unpaired) electrons. The maximum absolute atomic E-state index is 4.29. The Kier molecular flexibility index (Phi) is 6.82. The van der Waals surface area contributed by atoms with Crippen molar-refractivity contribution >= 4 is 0 Å². The van der Waals surface area contributed by atoms with E-state index < -0.39 is 0 Å². The minimum atomic E-state index is -0.243. The predicted molar refractivity (Wildman–Crippen MR) is 157 cm³/mol. The first-order valence-electron chi connectivity index (χ1n) is 13.3. The number of hydrogen-bond acceptors (Lipinski definition) is 2. The Hall–Kier alpha value is -4.13. The standard InChI is InChI=1S/C25H14.C12H12N2.Pt/c1-5-13-21-17(9-1)18-10-2-6-14-22(18)25(21)23-15-7-3-11-19(23)20-12-4-8-16-24(20)25;1-9-3-5-13-11(7-9)12-8-10(2)4-6-14-12;/h1-10,13-16H;3-8H,1-2H3;/q-2;;+2. The molecule has 2 aliphatic carbocycles. The first-order valence-corrected chi connectivity index (χ1v) is 13.3. The Morgan fingerprint density at radius 2 is 0.950 bits per heavy atom. The number of aromatic nitrogens is 2. The second kappa shape index (κ2) is 10.4. The van der Waals surface area contributed by atoms with E-state index in [0.717, 1.165) is 11.4 Å². The van der Waals surface area contributed by atoms with Crippen LogP contribution in [0.3, 0.4) is 0 Å². The minimum absolute atomic E-state index is 0. The third kappa shape index (κ3) is 3.98. The van der Waals surface area contributed by atoms with Crippen LogP contribution in [0.4, 0.5) is 0 Å². The number of benzene rings is 4. The van der Waals surface area contributed by atoms with Crippen molar-refractivity contribution in [3.05, 3.63) is 167 Å². The van der Waals surface area contributed by atoms with Crippen molar-refractivity contribution in [3.63, 3.8) is 0 Å². The van der Waals surface area contributed by atoms with Gasteiger partial charge in [0.2, 0.25) is 0 Å². The fourth-order valence-corrected chi connectivity index (χ4v) is 6.23. The van der Waals surface area contributed by atoms with Gasteiger partial charge in [-0.05, 0) is 76.9 Å². The van der Waals surface area contributed by atoms with Crippen molar-refractivity contribution in [2.45, 2.75) is 19.3 Å². The number of hydrogen-bond donors (Lipinski definition) is 0. The summed E-state index contributed by atoms with van der Waals surface area (Å²) in [7, 11) is 0. The second-order valence-electron chi connectivity index (χ2n) is 10.2. The largest absolute Gasteiger partial charge is 2.00 e. The molecule has 40 heavy (non-hydrogen) atoms. The maximum Gasteiger partial charge on any atom is 2.00 e. The van der Waals surface area contributed by atoms with E-state index in [9.17, 15) is 0 Å². The zero-order chi connectivity index (χ0) is 26.4. The van der Waals surface area contributed by atoms with Crippen LogP contribution >= 0.6 is 0 Å². The average molecular weight is 694 g/mol. The van der Waals surface area contributed by atoms with Crippen molar-refractivity contribution < 1.29 is 21.1 Å². The van der Waals surface area contributed by atoms with E-state index >= 15 is 0 Å². The first-order chi connectivity index (χ1) is 19.2. The summed E-state index contributed by atoms with van der Waals surface area (Å²) in [6.45, 7) is 4.11. The van der Waals surface area contributed by atoms with Crippen LogP contribution in [0.5, 0.6) is 0 Å². The van der Waals surface area contributed by atoms with Crippen molar-refractivity contribution in [3.8, 4) is 33.6 Å². The van der Waals surface area contributed by atoms with Crippen LogP contribution in [0, 0.1) is 26.0 Å². The Morgan fingerprint density at radius 3 is 1.40 bits per heavy atom. The minimum Gasteiger partial charge on any atom is -0.255 e. The molecule has 0 fully saturated rings. The molecule has 2 aromatic heterocycles. The van der Waals surface area contributed by atoms with Crippen molar-refractivity contribution in [2.75, 3.05) is 0 Å². The van der Waals surface area contributed by atoms with Gasteiger partial charge < -0.3 is 0 Å². The van der Waals surface area contributed by atoms with Gasteiger partial charge in [0.25, 0.3) is 0 Å². The molecule has 0 aliphatic heterocycles. The van der Waals surface area contributed by atoms with E-state index in [1.807, 2.05) is 48.8 Å². The van der Waals surface area contributed by atoms with Crippen LogP contribution < -0.4 is 0 Å². The van der Waals surface area contributed by atoms with Crippen LogP contribution in [0.2, 0.25) is 0 Å². The normalized spacial score (nSPS) is 12.8. The van der Waals surface area contributed by atoms with Gasteiger partial charge in [0.15, 0.2) is 0 Å². The van der Waals surface area contributed by atoms with E-state index in [-0.39, 0.29) is 26.5 Å². The quantitative estimate of drug-likeness (QED) is 0.162. The molecule has 4 aromatic carbocycles. The first kappa shape index (κ1) is 26.1. The molecule has 194 valence electrons. The van der Waals surface area contributed by atoms with Gasteiger partial charge in [0, 0.05) is 12.4 Å². The molecule has 0 bridgehead atoms. The van der Waals surface area contributed by atoms with Crippen LogP contribution in [0.15, 0.2) is 122 Å². The topological polar surface area (TPSA) is 25.8 Å². The number of rotatable bonds is 1. The Balaban J connectivity index is 0.000000166. The monoisotopic (exact) mass is 693 g/mol. The summed E-state index contributed by atoms with van der Waals surface area (Å²) < 4.78 is 0. The van der Waals surface area contributed by atoms with Crippen molar-refractivity contribution in [1.82, 2.24) is 9.97 Å². The number of pyridine rings is 2. The molecular formula is C37H26N2Pt. The molecule has 0 amide bonds. The fraction of sp³-hybridized carbons (Fsp3) is 0.0811. The van der Waals surface area contributed by atoms with Crippen LogP contribution in [0.25, 0.3) is 33.6 Å². The zero-order valence-electron chi connectivity index (χ0n) is 22.3. The van der Waals surface area contributed by atoms with E-state index in [2.05, 4.69) is 109 Å². The van der Waals surface area contributed by atoms with Gasteiger partial charge in [-0.25, -0.2) is 11.1 Å². The molecule has 2 heterocycles. The third-order valence-electron chi connectivity index (χ3n) is 7.82. The number of aryl methyl sites for hydroxylation is 2. The summed E-state index contributed by atoms with van der Waals surface area (Å²) in [6, 6.07) is 45.4. The smallest absolute Gasteiger partial charge is 0.255 e. The molecule has 2 nitrogen and oxygen atoms in total. The van der Waals surface area contributed by atoms with E-state index in [4.69, 9.17) is 0 Å². The van der Waals surface area contributed by atoms with Crippen LogP contribution in [-0.4, -0.2) is 9.97 Å². The van der Waals surface area contributed by atoms with E-state index in [0.29, 0.717) is 0 Å². The molecule has 0 N–H and O–H groups in total. The molecule has 0 saturated carbocycles. The number of fused-ring (bicyclic) bond motifs is 10. The Labute approximate surface area is 250 Å². The van der Waals surface area contributed by atoms with Gasteiger partial charge in [-0.2, -0.15) is 47.5 Å². The molecule has 0 unspecified atom stereocenters. The molecular weight excluding hydrogens is 667 g/mol. The molecule has 0 atom stereocenters. The van der Waals surface area contributed by atoms with Crippen molar-refractivity contribution in [2.24, 2.45) is 0 Å². The summed E-state index contributed by atoms with van der Waals surface area (Å²) in [5.74, 6) is 0. The van der Waals surface area contributed by atoms with Crippen LogP contribution in [0.1, 0.15) is 33.4 Å². The summed E-state index contributed by atoms with van der Waals surface area (Å²) in [5, 5.41) is 0. The molecule has 2 aliphatic rings.